The number of aryl methyl sites for hydroxylation is 1. The molecule has 1 spiro atoms. The van der Waals surface area contributed by atoms with Crippen molar-refractivity contribution in [2.24, 2.45) is 5.92 Å². The van der Waals surface area contributed by atoms with Crippen molar-refractivity contribution >= 4 is 36.6 Å². The molecule has 8 nitrogen and oxygen atoms in total. The molecule has 0 unspecified atom stereocenters. The number of aromatic nitrogens is 2. The summed E-state index contributed by atoms with van der Waals surface area (Å²) in [5.41, 5.74) is 3.55. The van der Waals surface area contributed by atoms with E-state index < -0.39 is 17.7 Å². The zero-order valence-corrected chi connectivity index (χ0v) is 24.8. The number of carbonyl (C=O) groups is 2. The lowest BCUT2D eigenvalue weighted by Crippen LogP contribution is -2.74. The summed E-state index contributed by atoms with van der Waals surface area (Å²) in [6.45, 7) is 12.7. The molecule has 10 heteroatoms. The van der Waals surface area contributed by atoms with Crippen LogP contribution >= 0.6 is 24.8 Å². The number of piperidine rings is 1. The van der Waals surface area contributed by atoms with Crippen molar-refractivity contribution in [3.63, 3.8) is 0 Å². The number of amides is 2. The van der Waals surface area contributed by atoms with Gasteiger partial charge >= 0.3 is 0 Å². The van der Waals surface area contributed by atoms with E-state index >= 15 is 0 Å². The summed E-state index contributed by atoms with van der Waals surface area (Å²) < 4.78 is 2.00. The van der Waals surface area contributed by atoms with Crippen LogP contribution in [0.5, 0.6) is 0 Å². The molecular formula is C28H43Cl2N5O3. The number of nitrogens with zero attached hydrogens (tertiary/aromatic N) is 4. The summed E-state index contributed by atoms with van der Waals surface area (Å²) in [6, 6.07) is 9.28. The molecular weight excluding hydrogens is 525 g/mol. The van der Waals surface area contributed by atoms with Crippen molar-refractivity contribution in [1.82, 2.24) is 24.9 Å². The van der Waals surface area contributed by atoms with Crippen LogP contribution in [-0.2, 0) is 16.1 Å². The van der Waals surface area contributed by atoms with Crippen molar-refractivity contribution < 1.29 is 14.7 Å². The van der Waals surface area contributed by atoms with E-state index in [1.807, 2.05) is 43.7 Å². The standard InChI is InChI=1S/C28H41N5O3.2ClH/c1-6-7-15-32-26(35)24(25(34)19(2)3)29-27(36)28(32)13-16-31(17-14-28)18-23-20(4)30-33(21(23)5)22-11-9-8-10-12-22;;/h8-12,19,24-25,34H,6-7,13-18H2,1-5H3,(H,29,36);2*1H/t24-,25+;;/m1../s1. The zero-order chi connectivity index (χ0) is 26.0. The van der Waals surface area contributed by atoms with Gasteiger partial charge in [-0.05, 0) is 51.2 Å². The van der Waals surface area contributed by atoms with Crippen LogP contribution in [0.15, 0.2) is 30.3 Å². The fourth-order valence-corrected chi connectivity index (χ4v) is 5.62. The van der Waals surface area contributed by atoms with Gasteiger partial charge in [-0.1, -0.05) is 45.4 Å². The Morgan fingerprint density at radius 3 is 2.32 bits per heavy atom. The lowest BCUT2D eigenvalue weighted by atomic mass is 9.80. The lowest BCUT2D eigenvalue weighted by Gasteiger charge is -2.52. The summed E-state index contributed by atoms with van der Waals surface area (Å²) in [7, 11) is 0. The molecule has 1 aromatic carbocycles. The number of benzene rings is 1. The maximum Gasteiger partial charge on any atom is 0.248 e. The number of halogens is 2. The van der Waals surface area contributed by atoms with Gasteiger partial charge in [-0.2, -0.15) is 5.10 Å². The normalized spacial score (nSPS) is 20.2. The Morgan fingerprint density at radius 2 is 1.74 bits per heavy atom. The van der Waals surface area contributed by atoms with Crippen molar-refractivity contribution in [1.29, 1.82) is 0 Å². The van der Waals surface area contributed by atoms with E-state index in [0.29, 0.717) is 19.4 Å². The maximum absolute atomic E-state index is 13.5. The van der Waals surface area contributed by atoms with Crippen molar-refractivity contribution in [2.45, 2.75) is 84.5 Å². The quantitative estimate of drug-likeness (QED) is 0.506. The highest BCUT2D eigenvalue weighted by Crippen LogP contribution is 2.35. The minimum Gasteiger partial charge on any atom is -0.390 e. The van der Waals surface area contributed by atoms with E-state index in [2.05, 4.69) is 36.2 Å². The number of likely N-dealkylation sites (tertiary alicyclic amines) is 1. The largest absolute Gasteiger partial charge is 0.390 e. The maximum atomic E-state index is 13.5. The Balaban J connectivity index is 0.00000253. The molecule has 2 amide bonds. The number of nitrogens with one attached hydrogen (secondary N) is 1. The first kappa shape index (κ1) is 32.1. The van der Waals surface area contributed by atoms with E-state index in [4.69, 9.17) is 5.10 Å². The molecule has 0 saturated carbocycles. The molecule has 2 atom stereocenters. The molecule has 38 heavy (non-hydrogen) atoms. The minimum atomic E-state index is -0.893. The fraction of sp³-hybridized carbons (Fsp3) is 0.607. The number of hydrogen-bond acceptors (Lipinski definition) is 5. The molecule has 0 radical (unpaired) electrons. The fourth-order valence-electron chi connectivity index (χ4n) is 5.62. The Labute approximate surface area is 239 Å². The Kier molecular flexibility index (Phi) is 11.2. The first-order valence-corrected chi connectivity index (χ1v) is 13.3. The highest BCUT2D eigenvalue weighted by atomic mass is 35.5. The molecule has 2 aliphatic rings. The zero-order valence-electron chi connectivity index (χ0n) is 23.1. The number of para-hydroxylation sites is 1. The molecule has 2 N–H and O–H groups in total. The van der Waals surface area contributed by atoms with Gasteiger partial charge in [0.25, 0.3) is 0 Å². The van der Waals surface area contributed by atoms with Crippen LogP contribution < -0.4 is 5.32 Å². The van der Waals surface area contributed by atoms with Crippen molar-refractivity contribution in [3.05, 3.63) is 47.3 Å². The van der Waals surface area contributed by atoms with Gasteiger partial charge in [0.2, 0.25) is 11.8 Å². The number of piperazine rings is 1. The average molecular weight is 569 g/mol. The first-order chi connectivity index (χ1) is 17.2. The Bertz CT molecular complexity index is 1080. The number of hydrogen-bond donors (Lipinski definition) is 2. The molecule has 3 heterocycles. The number of unbranched alkanes of at least 4 members (excludes halogenated alkanes) is 1. The van der Waals surface area contributed by atoms with Crippen LogP contribution in [0.3, 0.4) is 0 Å². The van der Waals surface area contributed by atoms with Gasteiger partial charge in [-0.15, -0.1) is 24.8 Å². The van der Waals surface area contributed by atoms with E-state index in [9.17, 15) is 14.7 Å². The highest BCUT2D eigenvalue weighted by Gasteiger charge is 2.54. The predicted octanol–water partition coefficient (Wildman–Crippen LogP) is 3.81. The second-order valence-electron chi connectivity index (χ2n) is 10.7. The first-order valence-electron chi connectivity index (χ1n) is 13.3. The summed E-state index contributed by atoms with van der Waals surface area (Å²) in [4.78, 5) is 31.2. The van der Waals surface area contributed by atoms with Gasteiger partial charge in [-0.3, -0.25) is 14.5 Å². The van der Waals surface area contributed by atoms with Crippen molar-refractivity contribution in [3.8, 4) is 5.69 Å². The number of aliphatic hydroxyl groups is 1. The van der Waals surface area contributed by atoms with Gasteiger partial charge in [0.1, 0.15) is 11.6 Å². The van der Waals surface area contributed by atoms with Crippen molar-refractivity contribution in [2.75, 3.05) is 19.6 Å². The molecule has 212 valence electrons. The minimum absolute atomic E-state index is 0. The van der Waals surface area contributed by atoms with Crippen LogP contribution in [0, 0.1) is 19.8 Å². The van der Waals surface area contributed by atoms with Gasteiger partial charge in [0.05, 0.1) is 17.5 Å². The summed E-state index contributed by atoms with van der Waals surface area (Å²) in [5, 5.41) is 18.3. The Morgan fingerprint density at radius 1 is 1.11 bits per heavy atom. The highest BCUT2D eigenvalue weighted by molar-refractivity contribution is 6.00. The molecule has 1 aromatic heterocycles. The predicted molar refractivity (Wildman–Crippen MR) is 154 cm³/mol. The molecule has 2 saturated heterocycles. The summed E-state index contributed by atoms with van der Waals surface area (Å²) in [5.74, 6) is -0.383. The lowest BCUT2D eigenvalue weighted by molar-refractivity contribution is -0.165. The van der Waals surface area contributed by atoms with E-state index in [0.717, 1.165) is 49.6 Å². The molecule has 0 aliphatic carbocycles. The van der Waals surface area contributed by atoms with Crippen LogP contribution in [0.4, 0.5) is 0 Å². The van der Waals surface area contributed by atoms with Gasteiger partial charge in [0, 0.05) is 37.4 Å². The monoisotopic (exact) mass is 567 g/mol. The van der Waals surface area contributed by atoms with E-state index in [1.54, 1.807) is 4.90 Å². The number of aliphatic hydroxyl groups excluding tert-OH is 1. The number of rotatable bonds is 8. The molecule has 2 aliphatic heterocycles. The third kappa shape index (κ3) is 6.03. The van der Waals surface area contributed by atoms with Gasteiger partial charge in [-0.25, -0.2) is 4.68 Å². The van der Waals surface area contributed by atoms with Crippen LogP contribution in [0.1, 0.15) is 63.4 Å². The van der Waals surface area contributed by atoms with Gasteiger partial charge in [0.15, 0.2) is 0 Å². The molecule has 0 bridgehead atoms. The molecule has 2 aromatic rings. The van der Waals surface area contributed by atoms with Crippen LogP contribution in [0.2, 0.25) is 0 Å². The van der Waals surface area contributed by atoms with Gasteiger partial charge < -0.3 is 15.3 Å². The van der Waals surface area contributed by atoms with Crippen LogP contribution in [-0.4, -0.2) is 73.8 Å². The SMILES string of the molecule is CCCCN1C(=O)[C@@H]([C@@H](O)C(C)C)NC(=O)C12CCN(Cc1c(C)nn(-c3ccccc3)c1C)CC2.Cl.Cl. The number of carbonyl (C=O) groups excluding carboxylic acids is 2. The summed E-state index contributed by atoms with van der Waals surface area (Å²) in [6.07, 6.45) is 2.06. The topological polar surface area (TPSA) is 90.7 Å². The third-order valence-electron chi connectivity index (χ3n) is 8.02. The average Bonchev–Trinajstić information content (AvgIpc) is 3.15. The molecule has 4 rings (SSSR count). The van der Waals surface area contributed by atoms with E-state index in [-0.39, 0.29) is 42.5 Å². The second-order valence-corrected chi connectivity index (χ2v) is 10.7. The third-order valence-corrected chi connectivity index (χ3v) is 8.02. The Hall–Kier alpha value is -2.13. The smallest absolute Gasteiger partial charge is 0.248 e. The summed E-state index contributed by atoms with van der Waals surface area (Å²) >= 11 is 0. The molecule has 2 fully saturated rings. The second kappa shape index (κ2) is 13.3. The van der Waals surface area contributed by atoms with Crippen LogP contribution in [0.25, 0.3) is 5.69 Å². The van der Waals surface area contributed by atoms with E-state index in [1.165, 1.54) is 5.56 Å².